The van der Waals surface area contributed by atoms with Gasteiger partial charge in [-0.1, -0.05) is 53.4 Å². The smallest absolute Gasteiger partial charge is 0.124 e. The van der Waals surface area contributed by atoms with Crippen LogP contribution in [0.25, 0.3) is 44.5 Å². The van der Waals surface area contributed by atoms with Crippen LogP contribution in [-0.2, 0) is 25.5 Å². The molecule has 2 saturated carbocycles. The van der Waals surface area contributed by atoms with Gasteiger partial charge >= 0.3 is 0 Å². The molecule has 0 unspecified atom stereocenters. The number of rotatable bonds is 3. The second-order valence-electron chi connectivity index (χ2n) is 10.5. The zero-order valence-electron chi connectivity index (χ0n) is 21.6. The topological polar surface area (TPSA) is 38.9 Å². The van der Waals surface area contributed by atoms with E-state index >= 15 is 0 Å². The molecule has 195 valence electrons. The summed E-state index contributed by atoms with van der Waals surface area (Å²) in [6, 6.07) is 37.0. The monoisotopic (exact) mass is 685 g/mol. The number of furan rings is 1. The molecule has 0 saturated heterocycles. The summed E-state index contributed by atoms with van der Waals surface area (Å²) < 4.78 is 6.56. The Morgan fingerprint density at radius 3 is 2.10 bits per heavy atom. The van der Waals surface area contributed by atoms with Crippen molar-refractivity contribution in [2.45, 2.75) is 37.5 Å². The van der Waals surface area contributed by atoms with E-state index in [1.165, 1.54) is 48.4 Å². The Bertz CT molecular complexity index is 1650. The van der Waals surface area contributed by atoms with E-state index in [4.69, 9.17) is 4.42 Å². The van der Waals surface area contributed by atoms with Crippen molar-refractivity contribution in [3.05, 3.63) is 121 Å². The van der Waals surface area contributed by atoms with Gasteiger partial charge in [-0.05, 0) is 67.0 Å². The summed E-state index contributed by atoms with van der Waals surface area (Å²) in [5, 5.41) is 2.40. The normalized spacial score (nSPS) is 19.4. The summed E-state index contributed by atoms with van der Waals surface area (Å²) in [5.41, 5.74) is 7.65. The predicted octanol–water partition coefficient (Wildman–Crippen LogP) is 8.83. The number of hydrogen-bond donors (Lipinski definition) is 0. The molecule has 3 heterocycles. The average Bonchev–Trinajstić information content (AvgIpc) is 3.72. The Morgan fingerprint density at radius 2 is 1.44 bits per heavy atom. The standard InChI is InChI=1S/C24H20NO.C11H8N.Ir/c1-2-14-25-21(9-1)19-7-3-5-17-18-6-4-8-20(23(18)26-22(17)19)24-12-10-16(15-24)11-13-24;1-2-6-10(7-3-1)11-8-4-5-9-12-11;/h1-6,8-9,14,16H,10-13,15H2;1-6,8-9H;/q2*-1;. The number of pyridine rings is 2. The Kier molecular flexibility index (Phi) is 7.16. The van der Waals surface area contributed by atoms with Crippen molar-refractivity contribution in [1.29, 1.82) is 0 Å². The summed E-state index contributed by atoms with van der Waals surface area (Å²) in [5.74, 6) is 0.923. The van der Waals surface area contributed by atoms with Gasteiger partial charge in [0.25, 0.3) is 0 Å². The van der Waals surface area contributed by atoms with Crippen LogP contribution < -0.4 is 0 Å². The molecular weight excluding hydrogens is 657 g/mol. The molecule has 0 N–H and O–H groups in total. The van der Waals surface area contributed by atoms with Gasteiger partial charge < -0.3 is 14.4 Å². The van der Waals surface area contributed by atoms with Crippen LogP contribution in [0.1, 0.15) is 37.7 Å². The molecule has 39 heavy (non-hydrogen) atoms. The molecule has 1 radical (unpaired) electrons. The Balaban J connectivity index is 0.000000180. The molecule has 0 spiro atoms. The molecule has 0 amide bonds. The minimum atomic E-state index is 0. The largest absolute Gasteiger partial charge is 0.500 e. The Labute approximate surface area is 242 Å². The van der Waals surface area contributed by atoms with Crippen LogP contribution in [0.4, 0.5) is 0 Å². The number of benzene rings is 3. The second-order valence-corrected chi connectivity index (χ2v) is 10.5. The van der Waals surface area contributed by atoms with Crippen molar-refractivity contribution in [3.63, 3.8) is 0 Å². The van der Waals surface area contributed by atoms with E-state index in [2.05, 4.69) is 46.4 Å². The van der Waals surface area contributed by atoms with Crippen LogP contribution in [0, 0.1) is 18.1 Å². The summed E-state index contributed by atoms with van der Waals surface area (Å²) in [7, 11) is 0. The van der Waals surface area contributed by atoms with Crippen LogP contribution in [0.5, 0.6) is 0 Å². The molecule has 0 atom stereocenters. The number of para-hydroxylation sites is 1. The van der Waals surface area contributed by atoms with Gasteiger partial charge in [-0.2, -0.15) is 0 Å². The van der Waals surface area contributed by atoms with E-state index in [0.717, 1.165) is 39.6 Å². The minimum absolute atomic E-state index is 0. The molecular formula is C35H28IrN2O-2. The molecule has 0 aliphatic heterocycles. The molecule has 2 aliphatic carbocycles. The fraction of sp³-hybridized carbons (Fsp3) is 0.200. The van der Waals surface area contributed by atoms with Crippen molar-refractivity contribution in [2.75, 3.05) is 0 Å². The first kappa shape index (κ1) is 25.7. The van der Waals surface area contributed by atoms with Gasteiger partial charge in [-0.25, -0.2) is 0 Å². The minimum Gasteiger partial charge on any atom is -0.500 e. The van der Waals surface area contributed by atoms with Crippen LogP contribution in [0.15, 0.2) is 108 Å². The van der Waals surface area contributed by atoms with Gasteiger partial charge in [0.1, 0.15) is 5.58 Å². The summed E-state index contributed by atoms with van der Waals surface area (Å²) >= 11 is 0. The molecule has 2 fully saturated rings. The van der Waals surface area contributed by atoms with Crippen molar-refractivity contribution < 1.29 is 24.5 Å². The Hall–Kier alpha value is -3.59. The molecule has 4 heteroatoms. The van der Waals surface area contributed by atoms with Crippen LogP contribution in [-0.4, -0.2) is 9.97 Å². The zero-order valence-corrected chi connectivity index (χ0v) is 24.0. The summed E-state index contributed by atoms with van der Waals surface area (Å²) in [6.45, 7) is 0. The summed E-state index contributed by atoms with van der Waals surface area (Å²) in [6.07, 6.45) is 10.3. The molecule has 3 nitrogen and oxygen atoms in total. The third-order valence-electron chi connectivity index (χ3n) is 8.34. The van der Waals surface area contributed by atoms with Crippen LogP contribution in [0.3, 0.4) is 0 Å². The zero-order chi connectivity index (χ0) is 25.4. The van der Waals surface area contributed by atoms with Gasteiger partial charge in [0, 0.05) is 43.4 Å². The molecule has 8 rings (SSSR count). The van der Waals surface area contributed by atoms with E-state index in [1.54, 1.807) is 6.20 Å². The fourth-order valence-electron chi connectivity index (χ4n) is 6.53. The van der Waals surface area contributed by atoms with Gasteiger partial charge in [0.05, 0.1) is 5.58 Å². The second kappa shape index (κ2) is 10.9. The van der Waals surface area contributed by atoms with E-state index < -0.39 is 0 Å². The maximum absolute atomic E-state index is 6.56. The van der Waals surface area contributed by atoms with Crippen molar-refractivity contribution in [3.8, 4) is 22.5 Å². The average molecular weight is 685 g/mol. The molecule has 3 aromatic heterocycles. The molecule has 2 bridgehead atoms. The third kappa shape index (κ3) is 4.73. The van der Waals surface area contributed by atoms with Crippen LogP contribution >= 0.6 is 0 Å². The molecule has 2 aliphatic rings. The third-order valence-corrected chi connectivity index (χ3v) is 8.34. The number of hydrogen-bond acceptors (Lipinski definition) is 3. The van der Waals surface area contributed by atoms with E-state index in [9.17, 15) is 0 Å². The number of aromatic nitrogens is 2. The molecule has 6 aromatic rings. The first-order valence-corrected chi connectivity index (χ1v) is 13.5. The first-order valence-electron chi connectivity index (χ1n) is 13.5. The van der Waals surface area contributed by atoms with E-state index in [-0.39, 0.29) is 20.1 Å². The van der Waals surface area contributed by atoms with Gasteiger partial charge in [0.2, 0.25) is 0 Å². The van der Waals surface area contributed by atoms with E-state index in [1.807, 2.05) is 72.9 Å². The Morgan fingerprint density at radius 1 is 0.692 bits per heavy atom. The quantitative estimate of drug-likeness (QED) is 0.175. The van der Waals surface area contributed by atoms with Gasteiger partial charge in [-0.15, -0.1) is 54.1 Å². The van der Waals surface area contributed by atoms with Gasteiger partial charge in [-0.3, -0.25) is 0 Å². The van der Waals surface area contributed by atoms with Crippen molar-refractivity contribution >= 4 is 21.9 Å². The van der Waals surface area contributed by atoms with Crippen LogP contribution in [0.2, 0.25) is 0 Å². The predicted molar refractivity (Wildman–Crippen MR) is 153 cm³/mol. The fourth-order valence-corrected chi connectivity index (χ4v) is 6.53. The maximum atomic E-state index is 6.56. The van der Waals surface area contributed by atoms with Crippen molar-refractivity contribution in [1.82, 2.24) is 9.97 Å². The maximum Gasteiger partial charge on any atom is 0.124 e. The summed E-state index contributed by atoms with van der Waals surface area (Å²) in [4.78, 5) is 8.73. The van der Waals surface area contributed by atoms with E-state index in [0.29, 0.717) is 5.41 Å². The van der Waals surface area contributed by atoms with Crippen molar-refractivity contribution in [2.24, 2.45) is 5.92 Å². The number of nitrogens with zero attached hydrogens (tertiary/aromatic N) is 2. The molecule has 3 aromatic carbocycles. The number of fused-ring (bicyclic) bond motifs is 5. The SMILES string of the molecule is [Ir].[c-]1ccc2c(oc3c(C45CCC(CC4)C5)cccc32)c1-c1ccccn1.[c-]1ccccc1-c1ccccn1. The first-order chi connectivity index (χ1) is 18.8. The van der Waals surface area contributed by atoms with Gasteiger partial charge in [0.15, 0.2) is 0 Å².